The molecule has 8 heteroatoms. The van der Waals surface area contributed by atoms with Crippen LogP contribution in [-0.4, -0.2) is 32.5 Å². The number of thiophene rings is 1. The fourth-order valence-corrected chi connectivity index (χ4v) is 6.38. The molecule has 0 bridgehead atoms. The topological polar surface area (TPSA) is 75.4 Å². The number of carbonyl (C=O) groups excluding carboxylic acids is 2. The van der Waals surface area contributed by atoms with Gasteiger partial charge >= 0.3 is 0 Å². The maximum atomic E-state index is 13.8. The van der Waals surface area contributed by atoms with Crippen LogP contribution in [0, 0.1) is 6.92 Å². The monoisotopic (exact) mass is 493 g/mol. The number of hydrogen-bond donors (Lipinski definition) is 1. The van der Waals surface area contributed by atoms with Crippen molar-refractivity contribution in [3.8, 4) is 0 Å². The second-order valence-electron chi connectivity index (χ2n) is 8.74. The second kappa shape index (κ2) is 9.82. The van der Waals surface area contributed by atoms with E-state index in [1.54, 1.807) is 10.8 Å². The van der Waals surface area contributed by atoms with Gasteiger partial charge in [0.05, 0.1) is 23.4 Å². The predicted molar refractivity (Wildman–Crippen MR) is 137 cm³/mol. The zero-order chi connectivity index (χ0) is 23.7. The van der Waals surface area contributed by atoms with Crippen LogP contribution in [0.2, 0.25) is 0 Å². The third-order valence-electron chi connectivity index (χ3n) is 6.68. The van der Waals surface area contributed by atoms with Gasteiger partial charge in [0.1, 0.15) is 0 Å². The summed E-state index contributed by atoms with van der Waals surface area (Å²) in [4.78, 5) is 34.2. The Morgan fingerprint density at radius 3 is 2.65 bits per heavy atom. The molecule has 1 aromatic carbocycles. The van der Waals surface area contributed by atoms with Gasteiger partial charge in [-0.05, 0) is 54.5 Å². The molecule has 1 aliphatic rings. The molecule has 1 N–H and O–H groups in total. The fraction of sp³-hybridized carbons (Fsp3) is 0.346. The van der Waals surface area contributed by atoms with Crippen molar-refractivity contribution in [2.24, 2.45) is 0 Å². The SMILES string of the molecule is Cc1c(CC(=O)N(c2nccs2)C2CCCCC2)c2cc(CO)ccc2n1C(=O)c1cccs1. The lowest BCUT2D eigenvalue weighted by atomic mass is 9.94. The highest BCUT2D eigenvalue weighted by Gasteiger charge is 2.30. The first-order chi connectivity index (χ1) is 16.6. The minimum atomic E-state index is -0.1000. The van der Waals surface area contributed by atoms with Gasteiger partial charge in [-0.25, -0.2) is 4.98 Å². The molecule has 1 saturated carbocycles. The Balaban J connectivity index is 1.58. The summed E-state index contributed by atoms with van der Waals surface area (Å²) in [5.41, 5.74) is 3.11. The van der Waals surface area contributed by atoms with Crippen molar-refractivity contribution < 1.29 is 14.7 Å². The number of nitrogens with zero attached hydrogens (tertiary/aromatic N) is 3. The van der Waals surface area contributed by atoms with Gasteiger partial charge in [0.25, 0.3) is 5.91 Å². The summed E-state index contributed by atoms with van der Waals surface area (Å²) in [5, 5.41) is 15.1. The van der Waals surface area contributed by atoms with Crippen molar-refractivity contribution in [1.29, 1.82) is 0 Å². The molecule has 34 heavy (non-hydrogen) atoms. The molecule has 176 valence electrons. The van der Waals surface area contributed by atoms with Crippen LogP contribution in [0.3, 0.4) is 0 Å². The molecule has 0 atom stereocenters. The van der Waals surface area contributed by atoms with Crippen molar-refractivity contribution in [2.45, 2.75) is 58.1 Å². The standard InChI is InChI=1S/C26H27N3O3S2/c1-17-20(15-24(31)29(26-27-11-13-34-26)19-6-3-2-4-7-19)21-14-18(16-30)9-10-22(21)28(17)25(32)23-8-5-12-33-23/h5,8-14,19,30H,2-4,6-7,15-16H2,1H3. The Morgan fingerprint density at radius 2 is 1.97 bits per heavy atom. The van der Waals surface area contributed by atoms with E-state index < -0.39 is 0 Å². The number of aromatic nitrogens is 2. The van der Waals surface area contributed by atoms with Crippen LogP contribution in [0.4, 0.5) is 5.13 Å². The largest absolute Gasteiger partial charge is 0.392 e. The predicted octanol–water partition coefficient (Wildman–Crippen LogP) is 5.56. The van der Waals surface area contributed by atoms with E-state index in [9.17, 15) is 14.7 Å². The number of amides is 1. The highest BCUT2D eigenvalue weighted by atomic mass is 32.1. The van der Waals surface area contributed by atoms with Gasteiger partial charge < -0.3 is 5.11 Å². The molecule has 0 saturated heterocycles. The zero-order valence-electron chi connectivity index (χ0n) is 19.1. The molecule has 6 nitrogen and oxygen atoms in total. The number of anilines is 1. The number of hydrogen-bond acceptors (Lipinski definition) is 6. The first kappa shape index (κ1) is 23.0. The fourth-order valence-electron chi connectivity index (χ4n) is 5.00. The number of fused-ring (bicyclic) bond motifs is 1. The lowest BCUT2D eigenvalue weighted by Gasteiger charge is -2.32. The van der Waals surface area contributed by atoms with E-state index in [2.05, 4.69) is 4.98 Å². The Morgan fingerprint density at radius 1 is 1.15 bits per heavy atom. The summed E-state index contributed by atoms with van der Waals surface area (Å²) in [6, 6.07) is 9.43. The zero-order valence-corrected chi connectivity index (χ0v) is 20.7. The molecule has 1 amide bonds. The van der Waals surface area contributed by atoms with Gasteiger partial charge in [-0.3, -0.25) is 19.1 Å². The van der Waals surface area contributed by atoms with Crippen molar-refractivity contribution in [2.75, 3.05) is 4.90 Å². The Kier molecular flexibility index (Phi) is 6.63. The van der Waals surface area contributed by atoms with Crippen LogP contribution < -0.4 is 4.90 Å². The number of carbonyl (C=O) groups is 2. The summed E-state index contributed by atoms with van der Waals surface area (Å²) in [5.74, 6) is -0.0982. The molecule has 3 heterocycles. The van der Waals surface area contributed by atoms with E-state index in [4.69, 9.17) is 0 Å². The van der Waals surface area contributed by atoms with Gasteiger partial charge in [0, 0.05) is 28.7 Å². The highest BCUT2D eigenvalue weighted by Crippen LogP contribution is 2.33. The third kappa shape index (κ3) is 4.21. The average Bonchev–Trinajstić information content (AvgIpc) is 3.62. The van der Waals surface area contributed by atoms with Gasteiger partial charge in [0.15, 0.2) is 5.13 Å². The van der Waals surface area contributed by atoms with Crippen LogP contribution in [0.1, 0.15) is 58.6 Å². The number of rotatable bonds is 6. The van der Waals surface area contributed by atoms with Crippen LogP contribution >= 0.6 is 22.7 Å². The van der Waals surface area contributed by atoms with Crippen LogP contribution in [-0.2, 0) is 17.8 Å². The van der Waals surface area contributed by atoms with E-state index in [0.717, 1.165) is 58.5 Å². The lowest BCUT2D eigenvalue weighted by Crippen LogP contribution is -2.42. The van der Waals surface area contributed by atoms with E-state index in [0.29, 0.717) is 4.88 Å². The van der Waals surface area contributed by atoms with E-state index in [1.165, 1.54) is 29.1 Å². The number of thiazole rings is 1. The summed E-state index contributed by atoms with van der Waals surface area (Å²) >= 11 is 2.89. The molecular formula is C26H27N3O3S2. The van der Waals surface area contributed by atoms with Crippen molar-refractivity contribution >= 4 is 50.5 Å². The average molecular weight is 494 g/mol. The van der Waals surface area contributed by atoms with Gasteiger partial charge in [-0.2, -0.15) is 0 Å². The highest BCUT2D eigenvalue weighted by molar-refractivity contribution is 7.13. The molecule has 1 fully saturated rings. The molecule has 0 radical (unpaired) electrons. The quantitative estimate of drug-likeness (QED) is 0.382. The summed E-state index contributed by atoms with van der Waals surface area (Å²) in [6.07, 6.45) is 7.33. The number of aliphatic hydroxyl groups is 1. The van der Waals surface area contributed by atoms with Crippen LogP contribution in [0.15, 0.2) is 47.3 Å². The van der Waals surface area contributed by atoms with Crippen molar-refractivity contribution in [3.05, 3.63) is 69.0 Å². The summed E-state index contributed by atoms with van der Waals surface area (Å²) in [6.45, 7) is 1.81. The molecule has 4 aromatic rings. The summed E-state index contributed by atoms with van der Waals surface area (Å²) in [7, 11) is 0. The lowest BCUT2D eigenvalue weighted by molar-refractivity contribution is -0.118. The van der Waals surface area contributed by atoms with Gasteiger partial charge in [0.2, 0.25) is 5.91 Å². The Bertz CT molecular complexity index is 1300. The molecule has 1 aliphatic carbocycles. The normalized spacial score (nSPS) is 14.5. The summed E-state index contributed by atoms with van der Waals surface area (Å²) < 4.78 is 1.71. The van der Waals surface area contributed by atoms with Gasteiger partial charge in [-0.1, -0.05) is 31.4 Å². The number of benzene rings is 1. The Hall–Kier alpha value is -2.81. The first-order valence-electron chi connectivity index (χ1n) is 11.6. The van der Waals surface area contributed by atoms with E-state index in [1.807, 2.05) is 52.9 Å². The Labute approximate surface area is 206 Å². The van der Waals surface area contributed by atoms with Crippen LogP contribution in [0.5, 0.6) is 0 Å². The smallest absolute Gasteiger partial charge is 0.272 e. The maximum Gasteiger partial charge on any atom is 0.272 e. The first-order valence-corrected chi connectivity index (χ1v) is 13.4. The van der Waals surface area contributed by atoms with E-state index >= 15 is 0 Å². The maximum absolute atomic E-state index is 13.8. The van der Waals surface area contributed by atoms with Crippen molar-refractivity contribution in [3.63, 3.8) is 0 Å². The van der Waals surface area contributed by atoms with Crippen LogP contribution in [0.25, 0.3) is 10.9 Å². The molecule has 0 spiro atoms. The molecular weight excluding hydrogens is 466 g/mol. The molecule has 0 aliphatic heterocycles. The molecule has 0 unspecified atom stereocenters. The second-order valence-corrected chi connectivity index (χ2v) is 10.6. The molecule has 3 aromatic heterocycles. The third-order valence-corrected chi connectivity index (χ3v) is 8.31. The minimum absolute atomic E-state index is 0.00183. The molecule has 5 rings (SSSR count). The minimum Gasteiger partial charge on any atom is -0.392 e. The number of aliphatic hydroxyl groups excluding tert-OH is 1. The van der Waals surface area contributed by atoms with Crippen molar-refractivity contribution in [1.82, 2.24) is 9.55 Å². The van der Waals surface area contributed by atoms with Gasteiger partial charge in [-0.15, -0.1) is 22.7 Å². The van der Waals surface area contributed by atoms with E-state index in [-0.39, 0.29) is 30.9 Å².